The molecule has 0 saturated carbocycles. The number of nitrogens with zero attached hydrogens (tertiary/aromatic N) is 1. The monoisotopic (exact) mass is 672 g/mol. The van der Waals surface area contributed by atoms with Crippen molar-refractivity contribution >= 4 is 80.9 Å². The second-order valence-electron chi connectivity index (χ2n) is 9.72. The molecular formula is C34H26Cl2N4O3S2. The van der Waals surface area contributed by atoms with Gasteiger partial charge in [-0.2, -0.15) is 0 Å². The molecule has 1 aromatic heterocycles. The van der Waals surface area contributed by atoms with Gasteiger partial charge in [0.15, 0.2) is 5.13 Å². The SMILES string of the molecule is Cc1ccccc1/C=C(\NC(=O)c1ccccc1)C(=O)Nc1cccc(SCC(=O)Nc2nc(-c3ccc(Cl)cc3Cl)cs2)c1. The molecule has 0 saturated heterocycles. The highest BCUT2D eigenvalue weighted by Gasteiger charge is 2.16. The first-order valence-corrected chi connectivity index (χ1v) is 16.3. The van der Waals surface area contributed by atoms with Crippen molar-refractivity contribution in [2.45, 2.75) is 11.8 Å². The minimum atomic E-state index is -0.484. The van der Waals surface area contributed by atoms with Gasteiger partial charge in [0.25, 0.3) is 11.8 Å². The normalized spacial score (nSPS) is 11.1. The van der Waals surface area contributed by atoms with Crippen molar-refractivity contribution in [2.24, 2.45) is 0 Å². The van der Waals surface area contributed by atoms with Crippen molar-refractivity contribution in [2.75, 3.05) is 16.4 Å². The maximum Gasteiger partial charge on any atom is 0.272 e. The molecule has 0 aliphatic rings. The van der Waals surface area contributed by atoms with Gasteiger partial charge in [-0.05, 0) is 72.7 Å². The molecule has 4 aromatic carbocycles. The summed E-state index contributed by atoms with van der Waals surface area (Å²) in [7, 11) is 0. The van der Waals surface area contributed by atoms with Crippen LogP contribution in [0.25, 0.3) is 17.3 Å². The number of nitrogens with one attached hydrogen (secondary N) is 3. The number of aryl methyl sites for hydroxylation is 1. The number of carbonyl (C=O) groups excluding carboxylic acids is 3. The van der Waals surface area contributed by atoms with Gasteiger partial charge in [-0.3, -0.25) is 14.4 Å². The zero-order valence-corrected chi connectivity index (χ0v) is 27.0. The van der Waals surface area contributed by atoms with Crippen molar-refractivity contribution in [1.29, 1.82) is 0 Å². The van der Waals surface area contributed by atoms with Gasteiger partial charge >= 0.3 is 0 Å². The van der Waals surface area contributed by atoms with E-state index < -0.39 is 11.8 Å². The van der Waals surface area contributed by atoms with Gasteiger partial charge in [-0.15, -0.1) is 23.1 Å². The van der Waals surface area contributed by atoms with Crippen molar-refractivity contribution in [3.05, 3.63) is 135 Å². The topological polar surface area (TPSA) is 100 Å². The van der Waals surface area contributed by atoms with Crippen LogP contribution < -0.4 is 16.0 Å². The van der Waals surface area contributed by atoms with Crippen LogP contribution in [0.2, 0.25) is 10.0 Å². The van der Waals surface area contributed by atoms with E-state index >= 15 is 0 Å². The summed E-state index contributed by atoms with van der Waals surface area (Å²) < 4.78 is 0. The first-order valence-electron chi connectivity index (χ1n) is 13.6. The van der Waals surface area contributed by atoms with E-state index in [-0.39, 0.29) is 17.4 Å². The molecule has 0 spiro atoms. The molecule has 226 valence electrons. The van der Waals surface area contributed by atoms with Crippen LogP contribution in [-0.2, 0) is 9.59 Å². The van der Waals surface area contributed by atoms with Crippen molar-refractivity contribution < 1.29 is 14.4 Å². The summed E-state index contributed by atoms with van der Waals surface area (Å²) in [6, 6.07) is 28.6. The van der Waals surface area contributed by atoms with Crippen LogP contribution >= 0.6 is 46.3 Å². The first-order chi connectivity index (χ1) is 21.7. The zero-order chi connectivity index (χ0) is 31.8. The number of carbonyl (C=O) groups is 3. The Bertz CT molecular complexity index is 1890. The smallest absolute Gasteiger partial charge is 0.272 e. The standard InChI is InChI=1S/C34H26Cl2N4O3S2/c1-21-8-5-6-11-23(21)16-29(38-32(42)22-9-3-2-4-10-22)33(43)37-25-12-7-13-26(18-25)44-20-31(41)40-34-39-30(19-45-34)27-15-14-24(35)17-28(27)36/h2-19H,20H2,1H3,(H,37,43)(H,38,42)(H,39,40,41)/b29-16-. The van der Waals surface area contributed by atoms with Gasteiger partial charge < -0.3 is 16.0 Å². The lowest BCUT2D eigenvalue weighted by atomic mass is 10.1. The lowest BCUT2D eigenvalue weighted by molar-refractivity contribution is -0.114. The zero-order valence-electron chi connectivity index (χ0n) is 23.8. The number of aromatic nitrogens is 1. The predicted octanol–water partition coefficient (Wildman–Crippen LogP) is 8.57. The molecule has 0 radical (unpaired) electrons. The minimum absolute atomic E-state index is 0.0956. The highest BCUT2D eigenvalue weighted by atomic mass is 35.5. The third-order valence-corrected chi connectivity index (χ3v) is 8.74. The van der Waals surface area contributed by atoms with Gasteiger partial charge in [0.05, 0.1) is 16.5 Å². The van der Waals surface area contributed by atoms with Crippen LogP contribution in [0.15, 0.2) is 113 Å². The second kappa shape index (κ2) is 15.0. The molecule has 7 nitrogen and oxygen atoms in total. The molecule has 3 N–H and O–H groups in total. The quantitative estimate of drug-likeness (QED) is 0.102. The van der Waals surface area contributed by atoms with Gasteiger partial charge in [0.2, 0.25) is 5.91 Å². The molecule has 3 amide bonds. The molecule has 1 heterocycles. The van der Waals surface area contributed by atoms with Gasteiger partial charge in [-0.1, -0.05) is 71.7 Å². The molecule has 11 heteroatoms. The van der Waals surface area contributed by atoms with E-state index in [1.54, 1.807) is 66.7 Å². The summed E-state index contributed by atoms with van der Waals surface area (Å²) in [5.41, 5.74) is 4.16. The third kappa shape index (κ3) is 8.83. The lowest BCUT2D eigenvalue weighted by Gasteiger charge is -2.13. The third-order valence-electron chi connectivity index (χ3n) is 6.44. The second-order valence-corrected chi connectivity index (χ2v) is 12.5. The highest BCUT2D eigenvalue weighted by molar-refractivity contribution is 8.00. The molecule has 0 atom stereocenters. The maximum absolute atomic E-state index is 13.4. The number of thioether (sulfide) groups is 1. The first kappa shape index (κ1) is 32.0. The fourth-order valence-electron chi connectivity index (χ4n) is 4.17. The predicted molar refractivity (Wildman–Crippen MR) is 185 cm³/mol. The highest BCUT2D eigenvalue weighted by Crippen LogP contribution is 2.32. The Labute approximate surface area is 278 Å². The fourth-order valence-corrected chi connectivity index (χ4v) is 6.15. The molecule has 5 aromatic rings. The Hall–Kier alpha value is -4.41. The van der Waals surface area contributed by atoms with Crippen molar-refractivity contribution in [3.63, 3.8) is 0 Å². The van der Waals surface area contributed by atoms with E-state index in [2.05, 4.69) is 20.9 Å². The van der Waals surface area contributed by atoms with E-state index in [0.29, 0.717) is 32.1 Å². The van der Waals surface area contributed by atoms with Gasteiger partial charge in [0, 0.05) is 32.1 Å². The lowest BCUT2D eigenvalue weighted by Crippen LogP contribution is -2.30. The van der Waals surface area contributed by atoms with Crippen LogP contribution in [0.4, 0.5) is 10.8 Å². The summed E-state index contributed by atoms with van der Waals surface area (Å²) in [6.45, 7) is 1.93. The minimum Gasteiger partial charge on any atom is -0.321 e. The van der Waals surface area contributed by atoms with Gasteiger partial charge in [0.1, 0.15) is 5.70 Å². The summed E-state index contributed by atoms with van der Waals surface area (Å²) in [4.78, 5) is 44.3. The van der Waals surface area contributed by atoms with Gasteiger partial charge in [-0.25, -0.2) is 4.98 Å². The van der Waals surface area contributed by atoms with E-state index in [1.807, 2.05) is 48.7 Å². The molecule has 5 rings (SSSR count). The molecule has 0 aliphatic carbocycles. The summed E-state index contributed by atoms with van der Waals surface area (Å²) >= 11 is 14.9. The number of anilines is 2. The Balaban J connectivity index is 1.23. The van der Waals surface area contributed by atoms with E-state index in [1.165, 1.54) is 23.1 Å². The largest absolute Gasteiger partial charge is 0.321 e. The average molecular weight is 674 g/mol. The van der Waals surface area contributed by atoms with Crippen LogP contribution in [-0.4, -0.2) is 28.5 Å². The Kier molecular flexibility index (Phi) is 10.7. The number of hydrogen-bond acceptors (Lipinski definition) is 6. The van der Waals surface area contributed by atoms with E-state index in [4.69, 9.17) is 23.2 Å². The molecule has 45 heavy (non-hydrogen) atoms. The van der Waals surface area contributed by atoms with Crippen molar-refractivity contribution in [1.82, 2.24) is 10.3 Å². The van der Waals surface area contributed by atoms with Crippen molar-refractivity contribution in [3.8, 4) is 11.3 Å². The van der Waals surface area contributed by atoms with Crippen LogP contribution in [0.3, 0.4) is 0 Å². The molecular weight excluding hydrogens is 647 g/mol. The fraction of sp³-hybridized carbons (Fsp3) is 0.0588. The molecule has 0 fully saturated rings. The average Bonchev–Trinajstić information content (AvgIpc) is 3.49. The van der Waals surface area contributed by atoms with Crippen LogP contribution in [0, 0.1) is 6.92 Å². The van der Waals surface area contributed by atoms with Crippen LogP contribution in [0.1, 0.15) is 21.5 Å². The molecule has 0 aliphatic heterocycles. The maximum atomic E-state index is 13.4. The number of amides is 3. The number of hydrogen-bond donors (Lipinski definition) is 3. The number of halogens is 2. The Morgan fingerprint density at radius 2 is 1.67 bits per heavy atom. The summed E-state index contributed by atoms with van der Waals surface area (Å²) in [5, 5.41) is 11.7. The summed E-state index contributed by atoms with van der Waals surface area (Å²) in [5.74, 6) is -0.989. The number of benzene rings is 4. The molecule has 0 unspecified atom stereocenters. The van der Waals surface area contributed by atoms with Crippen LogP contribution in [0.5, 0.6) is 0 Å². The van der Waals surface area contributed by atoms with E-state index in [9.17, 15) is 14.4 Å². The Morgan fingerprint density at radius 1 is 0.889 bits per heavy atom. The Morgan fingerprint density at radius 3 is 2.44 bits per heavy atom. The molecule has 0 bridgehead atoms. The number of rotatable bonds is 10. The van der Waals surface area contributed by atoms with E-state index in [0.717, 1.165) is 21.6 Å². The summed E-state index contributed by atoms with van der Waals surface area (Å²) in [6.07, 6.45) is 1.65. The number of thiazole rings is 1.